The van der Waals surface area contributed by atoms with Crippen LogP contribution in [0.2, 0.25) is 0 Å². The predicted molar refractivity (Wildman–Crippen MR) is 87.0 cm³/mol. The zero-order valence-corrected chi connectivity index (χ0v) is 12.1. The van der Waals surface area contributed by atoms with Gasteiger partial charge in [-0.2, -0.15) is 0 Å². The number of anilines is 2. The fourth-order valence-corrected chi connectivity index (χ4v) is 2.27. The largest absolute Gasteiger partial charge is 0.381 e. The molecule has 3 aromatic rings. The second-order valence-electron chi connectivity index (χ2n) is 5.07. The normalized spacial score (nSPS) is 10.6. The van der Waals surface area contributed by atoms with Crippen LogP contribution in [0.5, 0.6) is 0 Å². The first-order chi connectivity index (χ1) is 10.6. The van der Waals surface area contributed by atoms with Crippen molar-refractivity contribution in [2.24, 2.45) is 0 Å². The molecule has 22 heavy (non-hydrogen) atoms. The molecule has 0 bridgehead atoms. The average molecular weight is 296 g/mol. The van der Waals surface area contributed by atoms with Gasteiger partial charge in [0.15, 0.2) is 0 Å². The molecule has 0 fully saturated rings. The number of rotatable bonds is 4. The third-order valence-corrected chi connectivity index (χ3v) is 3.28. The van der Waals surface area contributed by atoms with Crippen LogP contribution in [0.1, 0.15) is 12.5 Å². The molecule has 1 amide bonds. The number of benzene rings is 2. The molecule has 0 saturated carbocycles. The molecule has 0 atom stereocenters. The van der Waals surface area contributed by atoms with Crippen LogP contribution in [0.3, 0.4) is 0 Å². The van der Waals surface area contributed by atoms with Crippen molar-refractivity contribution in [3.05, 3.63) is 58.5 Å². The molecule has 0 aliphatic rings. The van der Waals surface area contributed by atoms with E-state index in [1.54, 1.807) is 0 Å². The summed E-state index contributed by atoms with van der Waals surface area (Å²) < 4.78 is 0. The zero-order valence-electron chi connectivity index (χ0n) is 12.1. The molecule has 0 radical (unpaired) electrons. The predicted octanol–water partition coefficient (Wildman–Crippen LogP) is 2.43. The Kier molecular flexibility index (Phi) is 3.65. The van der Waals surface area contributed by atoms with E-state index in [0.29, 0.717) is 6.54 Å². The summed E-state index contributed by atoms with van der Waals surface area (Å²) in [6, 6.07) is 13.3. The third kappa shape index (κ3) is 3.17. The van der Waals surface area contributed by atoms with Crippen LogP contribution >= 0.6 is 0 Å². The van der Waals surface area contributed by atoms with Gasteiger partial charge in [-0.05, 0) is 42.0 Å². The molecule has 0 unspecified atom stereocenters. The SMILES string of the molecule is CC(=O)Nc1ccc(NCc2ccc3[nH]c(=O)[nH]c3c2)cc1. The Hall–Kier alpha value is -3.02. The van der Waals surface area contributed by atoms with E-state index in [4.69, 9.17) is 0 Å². The highest BCUT2D eigenvalue weighted by Crippen LogP contribution is 2.16. The van der Waals surface area contributed by atoms with Crippen LogP contribution in [0.15, 0.2) is 47.3 Å². The summed E-state index contributed by atoms with van der Waals surface area (Å²) in [5, 5.41) is 6.02. The van der Waals surface area contributed by atoms with Crippen molar-refractivity contribution in [3.8, 4) is 0 Å². The molecular formula is C16H16N4O2. The molecule has 0 aliphatic carbocycles. The van der Waals surface area contributed by atoms with Crippen molar-refractivity contribution in [3.63, 3.8) is 0 Å². The van der Waals surface area contributed by atoms with E-state index in [0.717, 1.165) is 28.0 Å². The summed E-state index contributed by atoms with van der Waals surface area (Å²) in [5.41, 5.74) is 4.18. The Morgan fingerprint density at radius 3 is 2.41 bits per heavy atom. The lowest BCUT2D eigenvalue weighted by atomic mass is 10.2. The minimum atomic E-state index is -0.200. The van der Waals surface area contributed by atoms with E-state index in [1.807, 2.05) is 42.5 Å². The van der Waals surface area contributed by atoms with Gasteiger partial charge in [-0.1, -0.05) is 6.07 Å². The summed E-state index contributed by atoms with van der Waals surface area (Å²) >= 11 is 0. The quantitative estimate of drug-likeness (QED) is 0.596. The fourth-order valence-electron chi connectivity index (χ4n) is 2.27. The molecule has 4 N–H and O–H groups in total. The standard InChI is InChI=1S/C16H16N4O2/c1-10(21)18-13-5-3-12(4-6-13)17-9-11-2-7-14-15(8-11)20-16(22)19-14/h2-8,17H,9H2,1H3,(H,18,21)(H2,19,20,22). The Bertz CT molecular complexity index is 862. The van der Waals surface area contributed by atoms with Crippen molar-refractivity contribution in [1.82, 2.24) is 9.97 Å². The highest BCUT2D eigenvalue weighted by Gasteiger charge is 2.01. The van der Waals surface area contributed by atoms with Crippen molar-refractivity contribution >= 4 is 28.3 Å². The Labute approximate surface area is 126 Å². The number of hydrogen-bond donors (Lipinski definition) is 4. The number of H-pyrrole nitrogens is 2. The first-order valence-corrected chi connectivity index (χ1v) is 6.92. The van der Waals surface area contributed by atoms with Crippen LogP contribution < -0.4 is 16.3 Å². The number of amides is 1. The molecule has 2 aromatic carbocycles. The minimum Gasteiger partial charge on any atom is -0.381 e. The third-order valence-electron chi connectivity index (χ3n) is 3.28. The fraction of sp³-hybridized carbons (Fsp3) is 0.125. The maximum absolute atomic E-state index is 11.2. The average Bonchev–Trinajstić information content (AvgIpc) is 2.85. The lowest BCUT2D eigenvalue weighted by Gasteiger charge is -2.08. The van der Waals surface area contributed by atoms with E-state index in [1.165, 1.54) is 6.92 Å². The van der Waals surface area contributed by atoms with Crippen LogP contribution in [-0.2, 0) is 11.3 Å². The van der Waals surface area contributed by atoms with Crippen LogP contribution in [0, 0.1) is 0 Å². The first-order valence-electron chi connectivity index (χ1n) is 6.92. The second kappa shape index (κ2) is 5.77. The molecule has 3 rings (SSSR count). The van der Waals surface area contributed by atoms with Gasteiger partial charge in [-0.3, -0.25) is 4.79 Å². The van der Waals surface area contributed by atoms with E-state index < -0.39 is 0 Å². The van der Waals surface area contributed by atoms with Crippen molar-refractivity contribution in [2.45, 2.75) is 13.5 Å². The van der Waals surface area contributed by atoms with Gasteiger partial charge in [0.1, 0.15) is 0 Å². The topological polar surface area (TPSA) is 89.8 Å². The van der Waals surface area contributed by atoms with Crippen LogP contribution in [0.4, 0.5) is 11.4 Å². The van der Waals surface area contributed by atoms with Crippen LogP contribution in [-0.4, -0.2) is 15.9 Å². The van der Waals surface area contributed by atoms with Gasteiger partial charge >= 0.3 is 5.69 Å². The van der Waals surface area contributed by atoms with Gasteiger partial charge in [0, 0.05) is 24.8 Å². The summed E-state index contributed by atoms with van der Waals surface area (Å²) in [5.74, 6) is -0.0884. The number of nitrogens with one attached hydrogen (secondary N) is 4. The first kappa shape index (κ1) is 13.9. The van der Waals surface area contributed by atoms with Gasteiger partial charge in [-0.25, -0.2) is 4.79 Å². The monoisotopic (exact) mass is 296 g/mol. The smallest absolute Gasteiger partial charge is 0.323 e. The van der Waals surface area contributed by atoms with Gasteiger partial charge in [0.25, 0.3) is 0 Å². The second-order valence-corrected chi connectivity index (χ2v) is 5.07. The number of aromatic amines is 2. The summed E-state index contributed by atoms with van der Waals surface area (Å²) in [7, 11) is 0. The van der Waals surface area contributed by atoms with Gasteiger partial charge in [-0.15, -0.1) is 0 Å². The van der Waals surface area contributed by atoms with Crippen molar-refractivity contribution in [1.29, 1.82) is 0 Å². The lowest BCUT2D eigenvalue weighted by Crippen LogP contribution is -2.05. The van der Waals surface area contributed by atoms with Crippen LogP contribution in [0.25, 0.3) is 11.0 Å². The molecule has 6 nitrogen and oxygen atoms in total. The summed E-state index contributed by atoms with van der Waals surface area (Å²) in [6.45, 7) is 2.12. The summed E-state index contributed by atoms with van der Waals surface area (Å²) in [4.78, 5) is 27.7. The van der Waals surface area contributed by atoms with Crippen molar-refractivity contribution in [2.75, 3.05) is 10.6 Å². The molecule has 0 aliphatic heterocycles. The number of imidazole rings is 1. The van der Waals surface area contributed by atoms with E-state index in [9.17, 15) is 9.59 Å². The maximum atomic E-state index is 11.2. The molecule has 6 heteroatoms. The van der Waals surface area contributed by atoms with E-state index >= 15 is 0 Å². The molecular weight excluding hydrogens is 280 g/mol. The molecule has 1 aromatic heterocycles. The minimum absolute atomic E-state index is 0.0884. The molecule has 0 saturated heterocycles. The number of fused-ring (bicyclic) bond motifs is 1. The Balaban J connectivity index is 1.67. The molecule has 1 heterocycles. The summed E-state index contributed by atoms with van der Waals surface area (Å²) in [6.07, 6.45) is 0. The van der Waals surface area contributed by atoms with Gasteiger partial charge < -0.3 is 20.6 Å². The number of aromatic nitrogens is 2. The van der Waals surface area contributed by atoms with Gasteiger partial charge in [0.05, 0.1) is 11.0 Å². The number of carbonyl (C=O) groups excluding carboxylic acids is 1. The van der Waals surface area contributed by atoms with Crippen molar-refractivity contribution < 1.29 is 4.79 Å². The highest BCUT2D eigenvalue weighted by molar-refractivity contribution is 5.88. The molecule has 112 valence electrons. The Morgan fingerprint density at radius 2 is 1.68 bits per heavy atom. The molecule has 0 spiro atoms. The highest BCUT2D eigenvalue weighted by atomic mass is 16.1. The zero-order chi connectivity index (χ0) is 15.5. The van der Waals surface area contributed by atoms with E-state index in [-0.39, 0.29) is 11.6 Å². The lowest BCUT2D eigenvalue weighted by molar-refractivity contribution is -0.114. The number of carbonyl (C=O) groups is 1. The number of hydrogen-bond acceptors (Lipinski definition) is 3. The Morgan fingerprint density at radius 1 is 1.00 bits per heavy atom. The van der Waals surface area contributed by atoms with E-state index in [2.05, 4.69) is 20.6 Å². The van der Waals surface area contributed by atoms with Gasteiger partial charge in [0.2, 0.25) is 5.91 Å². The maximum Gasteiger partial charge on any atom is 0.323 e.